The molecule has 2 unspecified atom stereocenters. The number of nitrogens with zero attached hydrogens (tertiary/aromatic N) is 1. The van der Waals surface area contributed by atoms with Crippen LogP contribution in [0, 0.1) is 0 Å². The van der Waals surface area contributed by atoms with Gasteiger partial charge in [0.25, 0.3) is 0 Å². The number of pyridine rings is 1. The predicted octanol–water partition coefficient (Wildman–Crippen LogP) is 8.27. The van der Waals surface area contributed by atoms with E-state index in [2.05, 4.69) is 74.5 Å². The van der Waals surface area contributed by atoms with Gasteiger partial charge in [0.2, 0.25) is 0 Å². The lowest BCUT2D eigenvalue weighted by Crippen LogP contribution is -2.10. The third-order valence-electron chi connectivity index (χ3n) is 6.70. The van der Waals surface area contributed by atoms with E-state index in [-0.39, 0.29) is 0 Å². The minimum atomic E-state index is 0.647. The smallest absolute Gasteiger partial charge is 0.0780 e. The predicted molar refractivity (Wildman–Crippen MR) is 126 cm³/mol. The molecule has 142 valence electrons. The molecule has 2 aromatic heterocycles. The zero-order chi connectivity index (χ0) is 19.5. The molecule has 0 aliphatic heterocycles. The topological polar surface area (TPSA) is 12.9 Å². The van der Waals surface area contributed by atoms with E-state index in [4.69, 9.17) is 4.98 Å². The van der Waals surface area contributed by atoms with Gasteiger partial charge in [-0.2, -0.15) is 0 Å². The van der Waals surface area contributed by atoms with Gasteiger partial charge in [-0.25, -0.2) is 0 Å². The third kappa shape index (κ3) is 2.55. The SMILES string of the molecule is CC1CCC(C)c2c1ccc1c2sc2cc3ccnc(-c4ccccc4)c3cc21. The van der Waals surface area contributed by atoms with E-state index in [0.717, 1.165) is 5.69 Å². The van der Waals surface area contributed by atoms with Gasteiger partial charge in [0.1, 0.15) is 0 Å². The van der Waals surface area contributed by atoms with Crippen LogP contribution in [0.4, 0.5) is 0 Å². The van der Waals surface area contributed by atoms with Crippen molar-refractivity contribution >= 4 is 42.3 Å². The molecule has 29 heavy (non-hydrogen) atoms. The standard InChI is InChI=1S/C27H23NS/c1-16-8-9-17(2)25-20(16)10-11-21-23-15-22-19(14-24(23)29-27(21)25)12-13-28-26(22)18-6-4-3-5-7-18/h3-7,10-17H,8-9H2,1-2H3. The van der Waals surface area contributed by atoms with E-state index in [9.17, 15) is 0 Å². The van der Waals surface area contributed by atoms with Gasteiger partial charge in [-0.1, -0.05) is 56.3 Å². The lowest BCUT2D eigenvalue weighted by molar-refractivity contribution is 0.531. The summed E-state index contributed by atoms with van der Waals surface area (Å²) in [5.74, 6) is 1.32. The van der Waals surface area contributed by atoms with E-state index >= 15 is 0 Å². The van der Waals surface area contributed by atoms with Crippen LogP contribution in [0.1, 0.15) is 49.7 Å². The molecule has 0 N–H and O–H groups in total. The maximum absolute atomic E-state index is 4.74. The van der Waals surface area contributed by atoms with Crippen molar-refractivity contribution in [1.29, 1.82) is 0 Å². The first-order valence-corrected chi connectivity index (χ1v) is 11.4. The van der Waals surface area contributed by atoms with Crippen LogP contribution in [0.25, 0.3) is 42.2 Å². The van der Waals surface area contributed by atoms with E-state index in [1.807, 2.05) is 17.5 Å². The van der Waals surface area contributed by atoms with Gasteiger partial charge in [-0.3, -0.25) is 4.98 Å². The summed E-state index contributed by atoms with van der Waals surface area (Å²) < 4.78 is 2.89. The van der Waals surface area contributed by atoms with Crippen molar-refractivity contribution in [2.45, 2.75) is 38.5 Å². The summed E-state index contributed by atoms with van der Waals surface area (Å²) in [7, 11) is 0. The van der Waals surface area contributed by atoms with E-state index in [0.29, 0.717) is 11.8 Å². The molecule has 0 saturated carbocycles. The van der Waals surface area contributed by atoms with Gasteiger partial charge < -0.3 is 0 Å². The van der Waals surface area contributed by atoms with Crippen molar-refractivity contribution < 1.29 is 0 Å². The Labute approximate surface area is 175 Å². The van der Waals surface area contributed by atoms with Crippen LogP contribution < -0.4 is 0 Å². The van der Waals surface area contributed by atoms with Crippen LogP contribution in [0.3, 0.4) is 0 Å². The molecule has 0 amide bonds. The molecule has 6 rings (SSSR count). The highest BCUT2D eigenvalue weighted by Gasteiger charge is 2.25. The quantitative estimate of drug-likeness (QED) is 0.279. The van der Waals surface area contributed by atoms with Crippen LogP contribution in [-0.2, 0) is 0 Å². The number of thiophene rings is 1. The normalized spacial score (nSPS) is 19.1. The summed E-state index contributed by atoms with van der Waals surface area (Å²) >= 11 is 1.98. The Morgan fingerprint density at radius 1 is 0.828 bits per heavy atom. The molecule has 2 atom stereocenters. The zero-order valence-electron chi connectivity index (χ0n) is 16.8. The number of hydrogen-bond acceptors (Lipinski definition) is 2. The second kappa shape index (κ2) is 6.40. The summed E-state index contributed by atoms with van der Waals surface area (Å²) in [5.41, 5.74) is 5.42. The van der Waals surface area contributed by atoms with Gasteiger partial charge in [-0.15, -0.1) is 11.3 Å². The molecule has 1 nitrogen and oxygen atoms in total. The number of fused-ring (bicyclic) bond motifs is 6. The van der Waals surface area contributed by atoms with Crippen LogP contribution >= 0.6 is 11.3 Å². The first kappa shape index (κ1) is 17.2. The first-order chi connectivity index (χ1) is 14.2. The van der Waals surface area contributed by atoms with Gasteiger partial charge in [-0.05, 0) is 59.4 Å². The molecule has 5 aromatic rings. The summed E-state index contributed by atoms with van der Waals surface area (Å²) in [6, 6.07) is 22.2. The van der Waals surface area contributed by atoms with Gasteiger partial charge in [0, 0.05) is 37.3 Å². The van der Waals surface area contributed by atoms with Crippen molar-refractivity contribution in [2.24, 2.45) is 0 Å². The van der Waals surface area contributed by atoms with Crippen LogP contribution in [-0.4, -0.2) is 4.98 Å². The highest BCUT2D eigenvalue weighted by atomic mass is 32.1. The average Bonchev–Trinajstić information content (AvgIpc) is 3.12. The Bertz CT molecular complexity index is 1380. The van der Waals surface area contributed by atoms with E-state index in [1.165, 1.54) is 49.3 Å². The van der Waals surface area contributed by atoms with Crippen LogP contribution in [0.2, 0.25) is 0 Å². The van der Waals surface area contributed by atoms with Gasteiger partial charge in [0.05, 0.1) is 5.69 Å². The molecule has 0 bridgehead atoms. The minimum Gasteiger partial charge on any atom is -0.256 e. The fourth-order valence-corrected chi connectivity index (χ4v) is 6.51. The van der Waals surface area contributed by atoms with E-state index < -0.39 is 0 Å². The first-order valence-electron chi connectivity index (χ1n) is 10.5. The van der Waals surface area contributed by atoms with Crippen molar-refractivity contribution in [3.05, 3.63) is 78.0 Å². The molecular formula is C27H23NS. The Morgan fingerprint density at radius 2 is 1.66 bits per heavy atom. The molecular weight excluding hydrogens is 370 g/mol. The molecule has 1 aliphatic rings. The molecule has 0 radical (unpaired) electrons. The molecule has 0 fully saturated rings. The lowest BCUT2D eigenvalue weighted by Gasteiger charge is -2.28. The highest BCUT2D eigenvalue weighted by molar-refractivity contribution is 7.26. The zero-order valence-corrected chi connectivity index (χ0v) is 17.6. The fraction of sp³-hybridized carbons (Fsp3) is 0.222. The van der Waals surface area contributed by atoms with Gasteiger partial charge >= 0.3 is 0 Å². The second-order valence-corrected chi connectivity index (χ2v) is 9.57. The number of rotatable bonds is 1. The van der Waals surface area contributed by atoms with E-state index in [1.54, 1.807) is 11.1 Å². The maximum atomic E-state index is 4.74. The van der Waals surface area contributed by atoms with Crippen molar-refractivity contribution in [1.82, 2.24) is 4.98 Å². The molecule has 0 spiro atoms. The molecule has 0 saturated heterocycles. The summed E-state index contributed by atoms with van der Waals surface area (Å²) in [4.78, 5) is 4.74. The average molecular weight is 394 g/mol. The lowest BCUT2D eigenvalue weighted by atomic mass is 9.78. The third-order valence-corrected chi connectivity index (χ3v) is 7.90. The van der Waals surface area contributed by atoms with Gasteiger partial charge in [0.15, 0.2) is 0 Å². The monoisotopic (exact) mass is 393 g/mol. The highest BCUT2D eigenvalue weighted by Crippen LogP contribution is 2.47. The van der Waals surface area contributed by atoms with Crippen LogP contribution in [0.5, 0.6) is 0 Å². The van der Waals surface area contributed by atoms with Crippen molar-refractivity contribution in [2.75, 3.05) is 0 Å². The van der Waals surface area contributed by atoms with Crippen LogP contribution in [0.15, 0.2) is 66.9 Å². The van der Waals surface area contributed by atoms with Crippen molar-refractivity contribution in [3.8, 4) is 11.3 Å². The number of benzene rings is 3. The summed E-state index contributed by atoms with van der Waals surface area (Å²) in [6.07, 6.45) is 4.54. The van der Waals surface area contributed by atoms with Crippen molar-refractivity contribution in [3.63, 3.8) is 0 Å². The Balaban J connectivity index is 1.69. The molecule has 2 heterocycles. The number of hydrogen-bond donors (Lipinski definition) is 0. The maximum Gasteiger partial charge on any atom is 0.0780 e. The Hall–Kier alpha value is -2.71. The summed E-state index contributed by atoms with van der Waals surface area (Å²) in [6.45, 7) is 4.79. The minimum absolute atomic E-state index is 0.647. The summed E-state index contributed by atoms with van der Waals surface area (Å²) in [5, 5.41) is 5.30. The Kier molecular flexibility index (Phi) is 3.79. The second-order valence-electron chi connectivity index (χ2n) is 8.52. The molecule has 1 aliphatic carbocycles. The largest absolute Gasteiger partial charge is 0.256 e. The fourth-order valence-electron chi connectivity index (χ4n) is 5.11. The molecule has 2 heteroatoms. The Morgan fingerprint density at radius 3 is 2.52 bits per heavy atom. The molecule has 3 aromatic carbocycles. The number of aromatic nitrogens is 1.